The first-order valence-electron chi connectivity index (χ1n) is 8.80. The highest BCUT2D eigenvalue weighted by Crippen LogP contribution is 2.22. The van der Waals surface area contributed by atoms with Gasteiger partial charge in [-0.15, -0.1) is 0 Å². The molecule has 0 aliphatic rings. The summed E-state index contributed by atoms with van der Waals surface area (Å²) in [6.45, 7) is 6.78. The van der Waals surface area contributed by atoms with Crippen LogP contribution in [0.1, 0.15) is 31.9 Å². The van der Waals surface area contributed by atoms with Crippen LogP contribution in [0.25, 0.3) is 10.8 Å². The average Bonchev–Trinajstić information content (AvgIpc) is 2.59. The van der Waals surface area contributed by atoms with Gasteiger partial charge in [0.05, 0.1) is 4.90 Å². The van der Waals surface area contributed by atoms with Gasteiger partial charge in [0.25, 0.3) is 0 Å². The van der Waals surface area contributed by atoms with E-state index in [2.05, 4.69) is 25.5 Å². The number of rotatable bonds is 5. The molecule has 0 radical (unpaired) electrons. The van der Waals surface area contributed by atoms with E-state index < -0.39 is 10.0 Å². The summed E-state index contributed by atoms with van der Waals surface area (Å²) in [5.74, 6) is 0. The summed E-state index contributed by atoms with van der Waals surface area (Å²) in [5.41, 5.74) is 2.29. The summed E-state index contributed by atoms with van der Waals surface area (Å²) >= 11 is 0. The molecular weight excluding hydrogens is 342 g/mol. The third-order valence-corrected chi connectivity index (χ3v) is 5.72. The highest BCUT2D eigenvalue weighted by Gasteiger charge is 2.16. The Morgan fingerprint density at radius 1 is 0.846 bits per heavy atom. The van der Waals surface area contributed by atoms with E-state index in [9.17, 15) is 8.42 Å². The molecule has 4 heteroatoms. The van der Waals surface area contributed by atoms with Crippen molar-refractivity contribution in [3.05, 3.63) is 77.9 Å². The lowest BCUT2D eigenvalue weighted by Gasteiger charge is -2.18. The second-order valence-electron chi connectivity index (χ2n) is 7.84. The predicted molar refractivity (Wildman–Crippen MR) is 108 cm³/mol. The topological polar surface area (TPSA) is 46.2 Å². The average molecular weight is 368 g/mol. The van der Waals surface area contributed by atoms with E-state index in [1.54, 1.807) is 12.1 Å². The SMILES string of the molecule is CC(C)(C)Cc1ccc(S(=O)(=O)NCc2cccc3ccccc23)cc1. The van der Waals surface area contributed by atoms with Gasteiger partial charge in [0.1, 0.15) is 0 Å². The van der Waals surface area contributed by atoms with Crippen LogP contribution in [-0.2, 0) is 23.0 Å². The van der Waals surface area contributed by atoms with E-state index >= 15 is 0 Å². The summed E-state index contributed by atoms with van der Waals surface area (Å²) in [5, 5.41) is 2.17. The number of hydrogen-bond acceptors (Lipinski definition) is 2. The van der Waals surface area contributed by atoms with Crippen molar-refractivity contribution in [2.45, 2.75) is 38.6 Å². The monoisotopic (exact) mass is 367 g/mol. The van der Waals surface area contributed by atoms with Crippen LogP contribution in [0.15, 0.2) is 71.6 Å². The Balaban J connectivity index is 1.76. The minimum absolute atomic E-state index is 0.174. The molecule has 3 nitrogen and oxygen atoms in total. The van der Waals surface area contributed by atoms with Crippen molar-refractivity contribution in [3.8, 4) is 0 Å². The van der Waals surface area contributed by atoms with Crippen molar-refractivity contribution < 1.29 is 8.42 Å². The largest absolute Gasteiger partial charge is 0.240 e. The van der Waals surface area contributed by atoms with Crippen molar-refractivity contribution >= 4 is 20.8 Å². The fourth-order valence-corrected chi connectivity index (χ4v) is 4.11. The van der Waals surface area contributed by atoms with Crippen molar-refractivity contribution in [2.75, 3.05) is 0 Å². The Morgan fingerprint density at radius 2 is 1.50 bits per heavy atom. The molecule has 0 spiro atoms. The molecule has 3 aromatic carbocycles. The zero-order valence-corrected chi connectivity index (χ0v) is 16.3. The van der Waals surface area contributed by atoms with Gasteiger partial charge in [-0.25, -0.2) is 13.1 Å². The molecule has 0 amide bonds. The highest BCUT2D eigenvalue weighted by atomic mass is 32.2. The minimum atomic E-state index is -3.54. The second kappa shape index (κ2) is 7.22. The van der Waals surface area contributed by atoms with E-state index in [1.807, 2.05) is 54.6 Å². The Hall–Kier alpha value is -2.17. The molecule has 0 saturated carbocycles. The Kier molecular flexibility index (Phi) is 5.17. The lowest BCUT2D eigenvalue weighted by molar-refractivity contribution is 0.411. The van der Waals surface area contributed by atoms with E-state index in [0.717, 1.165) is 28.3 Å². The second-order valence-corrected chi connectivity index (χ2v) is 9.61. The zero-order chi connectivity index (χ0) is 18.8. The Morgan fingerprint density at radius 3 is 2.19 bits per heavy atom. The third kappa shape index (κ3) is 4.51. The lowest BCUT2D eigenvalue weighted by Crippen LogP contribution is -2.23. The standard InChI is InChI=1S/C22H25NO2S/c1-22(2,3)15-17-11-13-20(14-12-17)26(24,25)23-16-19-9-6-8-18-7-4-5-10-21(18)19/h4-14,23H,15-16H2,1-3H3. The third-order valence-electron chi connectivity index (χ3n) is 4.30. The van der Waals surface area contributed by atoms with Crippen LogP contribution < -0.4 is 4.72 Å². The van der Waals surface area contributed by atoms with Gasteiger partial charge in [0, 0.05) is 6.54 Å². The van der Waals surface area contributed by atoms with Crippen LogP contribution in [-0.4, -0.2) is 8.42 Å². The van der Waals surface area contributed by atoms with Crippen molar-refractivity contribution in [2.24, 2.45) is 5.41 Å². The van der Waals surface area contributed by atoms with E-state index in [1.165, 1.54) is 0 Å². The predicted octanol–water partition coefficient (Wildman–Crippen LogP) is 4.91. The van der Waals surface area contributed by atoms with Crippen LogP contribution in [0, 0.1) is 5.41 Å². The van der Waals surface area contributed by atoms with Gasteiger partial charge in [-0.1, -0.05) is 75.4 Å². The first kappa shape index (κ1) is 18.6. The number of sulfonamides is 1. The van der Waals surface area contributed by atoms with Gasteiger partial charge in [0.15, 0.2) is 0 Å². The first-order chi connectivity index (χ1) is 12.2. The summed E-state index contributed by atoms with van der Waals surface area (Å²) in [7, 11) is -3.54. The van der Waals surface area contributed by atoms with Crippen LogP contribution >= 0.6 is 0 Å². The first-order valence-corrected chi connectivity index (χ1v) is 10.3. The molecule has 26 heavy (non-hydrogen) atoms. The van der Waals surface area contributed by atoms with Crippen LogP contribution in [0.4, 0.5) is 0 Å². The fourth-order valence-electron chi connectivity index (χ4n) is 3.10. The summed E-state index contributed by atoms with van der Waals surface area (Å²) in [6.07, 6.45) is 0.913. The molecule has 0 unspecified atom stereocenters. The molecule has 0 heterocycles. The van der Waals surface area contributed by atoms with E-state index in [-0.39, 0.29) is 12.0 Å². The molecule has 136 valence electrons. The van der Waals surface area contributed by atoms with Gasteiger partial charge in [-0.2, -0.15) is 0 Å². The molecule has 3 rings (SSSR count). The number of nitrogens with one attached hydrogen (secondary N) is 1. The minimum Gasteiger partial charge on any atom is -0.207 e. The molecule has 0 saturated heterocycles. The maximum atomic E-state index is 12.6. The summed E-state index contributed by atoms with van der Waals surface area (Å²) < 4.78 is 28.0. The molecule has 0 bridgehead atoms. The molecule has 0 fully saturated rings. The molecule has 0 aliphatic carbocycles. The van der Waals surface area contributed by atoms with E-state index in [4.69, 9.17) is 0 Å². The van der Waals surface area contributed by atoms with Crippen molar-refractivity contribution in [1.29, 1.82) is 0 Å². The van der Waals surface area contributed by atoms with Gasteiger partial charge < -0.3 is 0 Å². The van der Waals surface area contributed by atoms with Gasteiger partial charge >= 0.3 is 0 Å². The molecule has 0 aromatic heterocycles. The van der Waals surface area contributed by atoms with Crippen LogP contribution in [0.2, 0.25) is 0 Å². The molecule has 0 aliphatic heterocycles. The maximum Gasteiger partial charge on any atom is 0.240 e. The molecule has 0 atom stereocenters. The smallest absolute Gasteiger partial charge is 0.207 e. The molecular formula is C22H25NO2S. The number of fused-ring (bicyclic) bond motifs is 1. The summed E-state index contributed by atoms with van der Waals surface area (Å²) in [4.78, 5) is 0.301. The fraction of sp³-hybridized carbons (Fsp3) is 0.273. The maximum absolute atomic E-state index is 12.6. The van der Waals surface area contributed by atoms with Crippen molar-refractivity contribution in [1.82, 2.24) is 4.72 Å². The van der Waals surface area contributed by atoms with Crippen LogP contribution in [0.3, 0.4) is 0 Å². The quantitative estimate of drug-likeness (QED) is 0.697. The Bertz CT molecular complexity index is 995. The number of benzene rings is 3. The highest BCUT2D eigenvalue weighted by molar-refractivity contribution is 7.89. The Labute approximate surface area is 156 Å². The zero-order valence-electron chi connectivity index (χ0n) is 15.5. The number of hydrogen-bond donors (Lipinski definition) is 1. The van der Waals surface area contributed by atoms with Gasteiger partial charge in [-0.3, -0.25) is 0 Å². The normalized spacial score (nSPS) is 12.4. The molecule has 3 aromatic rings. The lowest BCUT2D eigenvalue weighted by atomic mass is 9.88. The molecule has 1 N–H and O–H groups in total. The van der Waals surface area contributed by atoms with Gasteiger partial charge in [-0.05, 0) is 45.9 Å². The van der Waals surface area contributed by atoms with E-state index in [0.29, 0.717) is 4.90 Å². The van der Waals surface area contributed by atoms with Crippen LogP contribution in [0.5, 0.6) is 0 Å². The van der Waals surface area contributed by atoms with Gasteiger partial charge in [0.2, 0.25) is 10.0 Å². The van der Waals surface area contributed by atoms with Crippen molar-refractivity contribution in [3.63, 3.8) is 0 Å². The summed E-state index contributed by atoms with van der Waals surface area (Å²) in [6, 6.07) is 21.1.